The second kappa shape index (κ2) is 8.62. The van der Waals surface area contributed by atoms with Gasteiger partial charge in [0.25, 0.3) is 5.91 Å². The minimum Gasteiger partial charge on any atom is -0.497 e. The normalized spacial score (nSPS) is 10.2. The third-order valence-electron chi connectivity index (χ3n) is 3.00. The van der Waals surface area contributed by atoms with Crippen molar-refractivity contribution in [1.29, 1.82) is 0 Å². The van der Waals surface area contributed by atoms with Crippen molar-refractivity contribution in [2.24, 2.45) is 0 Å². The minimum absolute atomic E-state index is 0.0812. The van der Waals surface area contributed by atoms with Crippen LogP contribution in [0.4, 0.5) is 14.5 Å². The fourth-order valence-electron chi connectivity index (χ4n) is 1.88. The van der Waals surface area contributed by atoms with Gasteiger partial charge in [0, 0.05) is 11.8 Å². The molecule has 8 heteroatoms. The van der Waals surface area contributed by atoms with Crippen molar-refractivity contribution < 1.29 is 32.6 Å². The molecule has 132 valence electrons. The number of anilines is 1. The van der Waals surface area contributed by atoms with Crippen LogP contribution in [-0.4, -0.2) is 32.2 Å². The topological polar surface area (TPSA) is 73.9 Å². The number of hydrogen-bond donors (Lipinski definition) is 1. The van der Waals surface area contributed by atoms with Gasteiger partial charge in [0.1, 0.15) is 11.5 Å². The summed E-state index contributed by atoms with van der Waals surface area (Å²) in [6, 6.07) is 11.6. The molecule has 25 heavy (non-hydrogen) atoms. The number of esters is 1. The molecule has 2 rings (SSSR count). The molecule has 2 aromatic carbocycles. The summed E-state index contributed by atoms with van der Waals surface area (Å²) in [5.41, 5.74) is 0.602. The van der Waals surface area contributed by atoms with E-state index in [1.54, 1.807) is 24.3 Å². The molecule has 0 atom stereocenters. The van der Waals surface area contributed by atoms with E-state index in [2.05, 4.69) is 10.1 Å². The summed E-state index contributed by atoms with van der Waals surface area (Å²) in [6.07, 6.45) is 0. The number of nitrogens with one attached hydrogen (secondary N) is 1. The minimum atomic E-state index is -2.95. The monoisotopic (exact) mass is 351 g/mol. The van der Waals surface area contributed by atoms with E-state index in [9.17, 15) is 18.4 Å². The number of methoxy groups -OCH3 is 1. The zero-order valence-electron chi connectivity index (χ0n) is 13.2. The van der Waals surface area contributed by atoms with Crippen molar-refractivity contribution in [1.82, 2.24) is 0 Å². The number of halogens is 2. The second-order valence-corrected chi connectivity index (χ2v) is 4.76. The van der Waals surface area contributed by atoms with Gasteiger partial charge in [-0.05, 0) is 36.4 Å². The number of hydrogen-bond acceptors (Lipinski definition) is 5. The maximum atomic E-state index is 12.0. The SMILES string of the molecule is COc1cccc(NC(=O)COC(=O)c2ccc(OC(F)F)cc2)c1. The summed E-state index contributed by atoms with van der Waals surface area (Å²) < 4.78 is 38.2. The Kier molecular flexibility index (Phi) is 6.27. The maximum Gasteiger partial charge on any atom is 0.387 e. The fraction of sp³-hybridized carbons (Fsp3) is 0.176. The van der Waals surface area contributed by atoms with Gasteiger partial charge in [-0.15, -0.1) is 0 Å². The summed E-state index contributed by atoms with van der Waals surface area (Å²) >= 11 is 0. The van der Waals surface area contributed by atoms with E-state index in [1.165, 1.54) is 31.4 Å². The van der Waals surface area contributed by atoms with E-state index in [0.29, 0.717) is 11.4 Å². The van der Waals surface area contributed by atoms with Crippen LogP contribution < -0.4 is 14.8 Å². The van der Waals surface area contributed by atoms with Gasteiger partial charge in [0.05, 0.1) is 12.7 Å². The highest BCUT2D eigenvalue weighted by Crippen LogP contribution is 2.17. The average molecular weight is 351 g/mol. The smallest absolute Gasteiger partial charge is 0.387 e. The van der Waals surface area contributed by atoms with Crippen molar-refractivity contribution >= 4 is 17.6 Å². The van der Waals surface area contributed by atoms with Crippen LogP contribution in [0.5, 0.6) is 11.5 Å². The van der Waals surface area contributed by atoms with Gasteiger partial charge in [-0.3, -0.25) is 4.79 Å². The first kappa shape index (κ1) is 18.2. The first-order valence-corrected chi connectivity index (χ1v) is 7.14. The Bertz CT molecular complexity index is 734. The van der Waals surface area contributed by atoms with Crippen LogP contribution in [0, 0.1) is 0 Å². The lowest BCUT2D eigenvalue weighted by atomic mass is 10.2. The lowest BCUT2D eigenvalue weighted by molar-refractivity contribution is -0.119. The van der Waals surface area contributed by atoms with Crippen LogP contribution in [0.15, 0.2) is 48.5 Å². The van der Waals surface area contributed by atoms with E-state index in [4.69, 9.17) is 9.47 Å². The summed E-state index contributed by atoms with van der Waals surface area (Å²) in [7, 11) is 1.50. The Hall–Kier alpha value is -3.16. The Labute approximate surface area is 142 Å². The van der Waals surface area contributed by atoms with Crippen LogP contribution in [0.2, 0.25) is 0 Å². The molecule has 0 bridgehead atoms. The molecule has 2 aromatic rings. The molecule has 0 saturated heterocycles. The maximum absolute atomic E-state index is 12.0. The Morgan fingerprint density at radius 3 is 2.44 bits per heavy atom. The number of rotatable bonds is 7. The number of amides is 1. The lowest BCUT2D eigenvalue weighted by Gasteiger charge is -2.08. The summed E-state index contributed by atoms with van der Waals surface area (Å²) in [6.45, 7) is -3.44. The zero-order valence-corrected chi connectivity index (χ0v) is 13.2. The van der Waals surface area contributed by atoms with Gasteiger partial charge in [-0.2, -0.15) is 8.78 Å². The predicted octanol–water partition coefficient (Wildman–Crippen LogP) is 3.09. The summed E-state index contributed by atoms with van der Waals surface area (Å²) in [5.74, 6) is -0.799. The Morgan fingerprint density at radius 2 is 1.80 bits per heavy atom. The van der Waals surface area contributed by atoms with Crippen LogP contribution in [0.25, 0.3) is 0 Å². The number of benzene rings is 2. The lowest BCUT2D eigenvalue weighted by Crippen LogP contribution is -2.20. The average Bonchev–Trinajstić information content (AvgIpc) is 2.60. The summed E-state index contributed by atoms with van der Waals surface area (Å²) in [4.78, 5) is 23.6. The Morgan fingerprint density at radius 1 is 1.08 bits per heavy atom. The number of ether oxygens (including phenoxy) is 3. The van der Waals surface area contributed by atoms with Crippen molar-refractivity contribution in [3.63, 3.8) is 0 Å². The third-order valence-corrected chi connectivity index (χ3v) is 3.00. The molecule has 0 heterocycles. The molecule has 0 aromatic heterocycles. The third kappa shape index (κ3) is 5.76. The van der Waals surface area contributed by atoms with E-state index >= 15 is 0 Å². The number of carbonyl (C=O) groups excluding carboxylic acids is 2. The quantitative estimate of drug-likeness (QED) is 0.776. The van der Waals surface area contributed by atoms with Gasteiger partial charge in [0.2, 0.25) is 0 Å². The molecular formula is C17H15F2NO5. The second-order valence-electron chi connectivity index (χ2n) is 4.76. The highest BCUT2D eigenvalue weighted by Gasteiger charge is 2.12. The largest absolute Gasteiger partial charge is 0.497 e. The van der Waals surface area contributed by atoms with Crippen molar-refractivity contribution in [3.05, 3.63) is 54.1 Å². The zero-order chi connectivity index (χ0) is 18.2. The first-order chi connectivity index (χ1) is 12.0. The molecule has 1 N–H and O–H groups in total. The molecule has 0 unspecified atom stereocenters. The predicted molar refractivity (Wildman–Crippen MR) is 85.0 cm³/mol. The van der Waals surface area contributed by atoms with Crippen molar-refractivity contribution in [2.75, 3.05) is 19.0 Å². The molecule has 6 nitrogen and oxygen atoms in total. The van der Waals surface area contributed by atoms with E-state index in [1.807, 2.05) is 0 Å². The van der Waals surface area contributed by atoms with Crippen LogP contribution >= 0.6 is 0 Å². The molecule has 0 spiro atoms. The fourth-order valence-corrected chi connectivity index (χ4v) is 1.88. The molecule has 0 saturated carbocycles. The van der Waals surface area contributed by atoms with Gasteiger partial charge in [0.15, 0.2) is 6.61 Å². The van der Waals surface area contributed by atoms with E-state index in [0.717, 1.165) is 0 Å². The van der Waals surface area contributed by atoms with Crippen molar-refractivity contribution in [3.8, 4) is 11.5 Å². The van der Waals surface area contributed by atoms with E-state index in [-0.39, 0.29) is 11.3 Å². The van der Waals surface area contributed by atoms with Crippen LogP contribution in [0.1, 0.15) is 10.4 Å². The molecule has 0 aliphatic rings. The molecule has 0 aliphatic carbocycles. The van der Waals surface area contributed by atoms with Crippen LogP contribution in [-0.2, 0) is 9.53 Å². The van der Waals surface area contributed by atoms with Gasteiger partial charge < -0.3 is 19.5 Å². The molecular weight excluding hydrogens is 336 g/mol. The molecule has 0 fully saturated rings. The molecule has 0 aliphatic heterocycles. The highest BCUT2D eigenvalue weighted by atomic mass is 19.3. The molecule has 1 amide bonds. The Balaban J connectivity index is 1.85. The van der Waals surface area contributed by atoms with E-state index < -0.39 is 25.1 Å². The van der Waals surface area contributed by atoms with Gasteiger partial charge in [-0.1, -0.05) is 6.07 Å². The number of carbonyl (C=O) groups is 2. The standard InChI is InChI=1S/C17H15F2NO5/c1-23-14-4-2-3-12(9-14)20-15(21)10-24-16(22)11-5-7-13(8-6-11)25-17(18)19/h2-9,17H,10H2,1H3,(H,20,21). The van der Waals surface area contributed by atoms with Crippen LogP contribution in [0.3, 0.4) is 0 Å². The first-order valence-electron chi connectivity index (χ1n) is 7.14. The highest BCUT2D eigenvalue weighted by molar-refractivity contribution is 5.95. The van der Waals surface area contributed by atoms with Gasteiger partial charge in [-0.25, -0.2) is 4.79 Å². The summed E-state index contributed by atoms with van der Waals surface area (Å²) in [5, 5.41) is 2.55. The molecule has 0 radical (unpaired) electrons. The van der Waals surface area contributed by atoms with Crippen molar-refractivity contribution in [2.45, 2.75) is 6.61 Å². The number of alkyl halides is 2. The van der Waals surface area contributed by atoms with Gasteiger partial charge >= 0.3 is 12.6 Å².